The minimum absolute atomic E-state index is 0.00614. The third-order valence-corrected chi connectivity index (χ3v) is 3.76. The maximum Gasteiger partial charge on any atom is 0.409 e. The quantitative estimate of drug-likeness (QED) is 0.839. The summed E-state index contributed by atoms with van der Waals surface area (Å²) in [7, 11) is 1.35. The lowest BCUT2D eigenvalue weighted by atomic mass is 10.1. The minimum atomic E-state index is -0.357. The molecule has 1 fully saturated rings. The molecule has 0 aliphatic carbocycles. The highest BCUT2D eigenvalue weighted by atomic mass is 16.5. The molecule has 0 unspecified atom stereocenters. The first-order valence-corrected chi connectivity index (χ1v) is 7.06. The standard InChI is InChI=1S/C14H16N6O3/c1-9-3-4-10(5-12(9)15-8-21)13-16-18-20(17-13)11-6-19(7-11)14(22)23-2/h3-5,8,11H,6-7H2,1-2H3,(H,15,21). The van der Waals surface area contributed by atoms with Gasteiger partial charge in [-0.3, -0.25) is 4.79 Å². The van der Waals surface area contributed by atoms with Gasteiger partial charge < -0.3 is 15.0 Å². The summed E-state index contributed by atoms with van der Waals surface area (Å²) >= 11 is 0. The summed E-state index contributed by atoms with van der Waals surface area (Å²) in [5.41, 5.74) is 2.41. The summed E-state index contributed by atoms with van der Waals surface area (Å²) in [5, 5.41) is 15.1. The van der Waals surface area contributed by atoms with Crippen LogP contribution in [0.15, 0.2) is 18.2 Å². The van der Waals surface area contributed by atoms with Gasteiger partial charge in [0.25, 0.3) is 0 Å². The second kappa shape index (κ2) is 6.03. The van der Waals surface area contributed by atoms with Crippen LogP contribution in [0.2, 0.25) is 0 Å². The lowest BCUT2D eigenvalue weighted by molar-refractivity contribution is -0.105. The zero-order valence-electron chi connectivity index (χ0n) is 12.8. The molecule has 0 saturated carbocycles. The predicted octanol–water partition coefficient (Wildman–Crippen LogP) is 0.840. The number of carbonyl (C=O) groups is 2. The van der Waals surface area contributed by atoms with E-state index in [4.69, 9.17) is 0 Å². The van der Waals surface area contributed by atoms with Gasteiger partial charge in [0.1, 0.15) is 6.04 Å². The van der Waals surface area contributed by atoms with Crippen molar-refractivity contribution < 1.29 is 14.3 Å². The van der Waals surface area contributed by atoms with Crippen LogP contribution in [0.3, 0.4) is 0 Å². The van der Waals surface area contributed by atoms with Gasteiger partial charge >= 0.3 is 6.09 Å². The molecule has 9 nitrogen and oxygen atoms in total. The number of ether oxygens (including phenoxy) is 1. The molecule has 3 rings (SSSR count). The molecule has 1 saturated heterocycles. The van der Waals surface area contributed by atoms with Gasteiger partial charge in [0, 0.05) is 11.3 Å². The van der Waals surface area contributed by atoms with Crippen LogP contribution in [0.1, 0.15) is 11.6 Å². The van der Waals surface area contributed by atoms with Gasteiger partial charge in [-0.15, -0.1) is 10.2 Å². The number of anilines is 1. The smallest absolute Gasteiger partial charge is 0.409 e. The van der Waals surface area contributed by atoms with Crippen molar-refractivity contribution in [2.75, 3.05) is 25.5 Å². The number of likely N-dealkylation sites (tertiary alicyclic amines) is 1. The molecule has 2 amide bonds. The predicted molar refractivity (Wildman–Crippen MR) is 80.7 cm³/mol. The Kier molecular flexibility index (Phi) is 3.92. The van der Waals surface area contributed by atoms with E-state index >= 15 is 0 Å². The monoisotopic (exact) mass is 316 g/mol. The van der Waals surface area contributed by atoms with Crippen molar-refractivity contribution in [3.05, 3.63) is 23.8 Å². The number of nitrogens with one attached hydrogen (secondary N) is 1. The first kappa shape index (κ1) is 14.9. The highest BCUT2D eigenvalue weighted by Crippen LogP contribution is 2.24. The zero-order valence-corrected chi connectivity index (χ0v) is 12.8. The van der Waals surface area contributed by atoms with E-state index in [1.54, 1.807) is 11.0 Å². The second-order valence-corrected chi connectivity index (χ2v) is 5.25. The average molecular weight is 316 g/mol. The number of hydrogen-bond donors (Lipinski definition) is 1. The summed E-state index contributed by atoms with van der Waals surface area (Å²) in [5.74, 6) is 0.468. The van der Waals surface area contributed by atoms with Crippen molar-refractivity contribution in [2.45, 2.75) is 13.0 Å². The van der Waals surface area contributed by atoms with Gasteiger partial charge in [0.2, 0.25) is 12.2 Å². The fourth-order valence-corrected chi connectivity index (χ4v) is 2.36. The van der Waals surface area contributed by atoms with Crippen molar-refractivity contribution in [1.82, 2.24) is 25.1 Å². The molecule has 0 bridgehead atoms. The highest BCUT2D eigenvalue weighted by molar-refractivity contribution is 5.76. The Balaban J connectivity index is 1.74. The van der Waals surface area contributed by atoms with Gasteiger partial charge in [-0.2, -0.15) is 4.80 Å². The number of methoxy groups -OCH3 is 1. The number of aryl methyl sites for hydroxylation is 1. The second-order valence-electron chi connectivity index (χ2n) is 5.25. The Morgan fingerprint density at radius 1 is 1.43 bits per heavy atom. The molecule has 23 heavy (non-hydrogen) atoms. The molecule has 0 spiro atoms. The third-order valence-electron chi connectivity index (χ3n) is 3.76. The number of rotatable bonds is 4. The summed E-state index contributed by atoms with van der Waals surface area (Å²) in [6.07, 6.45) is 0.274. The van der Waals surface area contributed by atoms with Gasteiger partial charge in [0.05, 0.1) is 20.2 Å². The number of tetrazole rings is 1. The van der Waals surface area contributed by atoms with Crippen molar-refractivity contribution in [2.24, 2.45) is 0 Å². The van der Waals surface area contributed by atoms with E-state index in [1.807, 2.05) is 19.1 Å². The van der Waals surface area contributed by atoms with E-state index in [0.29, 0.717) is 31.0 Å². The van der Waals surface area contributed by atoms with E-state index in [2.05, 4.69) is 25.5 Å². The van der Waals surface area contributed by atoms with Crippen LogP contribution in [0.25, 0.3) is 11.4 Å². The third kappa shape index (κ3) is 2.85. The Labute approximate surface area is 132 Å². The zero-order chi connectivity index (χ0) is 16.4. The van der Waals surface area contributed by atoms with Gasteiger partial charge in [0.15, 0.2) is 0 Å². The molecule has 9 heteroatoms. The maximum atomic E-state index is 11.3. The van der Waals surface area contributed by atoms with Crippen LogP contribution in [0.4, 0.5) is 10.5 Å². The fraction of sp³-hybridized carbons (Fsp3) is 0.357. The molecule has 120 valence electrons. The normalized spacial score (nSPS) is 14.3. The molecule has 1 aliphatic rings. The highest BCUT2D eigenvalue weighted by Gasteiger charge is 2.34. The van der Waals surface area contributed by atoms with Gasteiger partial charge in [-0.25, -0.2) is 4.79 Å². The Bertz CT molecular complexity index is 738. The minimum Gasteiger partial charge on any atom is -0.453 e. The van der Waals surface area contributed by atoms with E-state index in [0.717, 1.165) is 11.1 Å². The van der Waals surface area contributed by atoms with Crippen LogP contribution < -0.4 is 5.32 Å². The lowest BCUT2D eigenvalue weighted by Gasteiger charge is -2.36. The fourth-order valence-electron chi connectivity index (χ4n) is 2.36. The maximum absolute atomic E-state index is 11.3. The molecule has 2 heterocycles. The molecule has 0 radical (unpaired) electrons. The average Bonchev–Trinajstić information content (AvgIpc) is 2.97. The van der Waals surface area contributed by atoms with Crippen LogP contribution in [-0.2, 0) is 9.53 Å². The van der Waals surface area contributed by atoms with Crippen molar-refractivity contribution in [1.29, 1.82) is 0 Å². The van der Waals surface area contributed by atoms with Gasteiger partial charge in [-0.05, 0) is 23.8 Å². The Hall–Kier alpha value is -2.97. The summed E-state index contributed by atoms with van der Waals surface area (Å²) < 4.78 is 4.65. The number of aromatic nitrogens is 4. The first-order chi connectivity index (χ1) is 11.1. The van der Waals surface area contributed by atoms with Crippen molar-refractivity contribution in [3.8, 4) is 11.4 Å². The number of hydrogen-bond acceptors (Lipinski definition) is 6. The lowest BCUT2D eigenvalue weighted by Crippen LogP contribution is -2.51. The number of amides is 2. The molecule has 1 aromatic heterocycles. The van der Waals surface area contributed by atoms with Crippen LogP contribution in [0, 0.1) is 6.92 Å². The number of carbonyl (C=O) groups excluding carboxylic acids is 2. The molecule has 1 aromatic carbocycles. The van der Waals surface area contributed by atoms with Crippen LogP contribution in [-0.4, -0.2) is 57.8 Å². The molecular formula is C14H16N6O3. The molecule has 1 N–H and O–H groups in total. The van der Waals surface area contributed by atoms with Gasteiger partial charge in [-0.1, -0.05) is 12.1 Å². The summed E-state index contributed by atoms with van der Waals surface area (Å²) in [4.78, 5) is 25.0. The molecular weight excluding hydrogens is 300 g/mol. The van der Waals surface area contributed by atoms with E-state index in [1.165, 1.54) is 11.9 Å². The largest absolute Gasteiger partial charge is 0.453 e. The number of benzene rings is 1. The van der Waals surface area contributed by atoms with E-state index < -0.39 is 0 Å². The van der Waals surface area contributed by atoms with Crippen molar-refractivity contribution >= 4 is 18.2 Å². The van der Waals surface area contributed by atoms with Crippen molar-refractivity contribution in [3.63, 3.8) is 0 Å². The number of nitrogens with zero attached hydrogens (tertiary/aromatic N) is 5. The summed E-state index contributed by atoms with van der Waals surface area (Å²) in [6, 6.07) is 5.54. The topological polar surface area (TPSA) is 102 Å². The van der Waals surface area contributed by atoms with E-state index in [-0.39, 0.29) is 12.1 Å². The van der Waals surface area contributed by atoms with Crippen LogP contribution in [0.5, 0.6) is 0 Å². The summed E-state index contributed by atoms with van der Waals surface area (Å²) in [6.45, 7) is 2.89. The van der Waals surface area contributed by atoms with E-state index in [9.17, 15) is 9.59 Å². The first-order valence-electron chi connectivity index (χ1n) is 7.06. The molecule has 0 atom stereocenters. The molecule has 2 aromatic rings. The SMILES string of the molecule is COC(=O)N1CC(n2nnc(-c3ccc(C)c(NC=O)c3)n2)C1. The molecule has 1 aliphatic heterocycles. The Morgan fingerprint density at radius 2 is 2.22 bits per heavy atom. The van der Waals surface area contributed by atoms with Crippen LogP contribution >= 0.6 is 0 Å². The Morgan fingerprint density at radius 3 is 2.91 bits per heavy atom.